The number of hydrogen-bond donors (Lipinski definition) is 0. The van der Waals surface area contributed by atoms with Gasteiger partial charge in [-0.05, 0) is 55.9 Å². The summed E-state index contributed by atoms with van der Waals surface area (Å²) in [4.78, 5) is 0. The molecule has 1 aromatic carbocycles. The minimum Gasteiger partial charge on any atom is -0.415 e. The average molecular weight is 341 g/mol. The molecule has 0 aliphatic rings. The second kappa shape index (κ2) is 8.03. The molecule has 1 nitrogen and oxygen atoms in total. The van der Waals surface area contributed by atoms with Crippen molar-refractivity contribution in [2.45, 2.75) is 51.9 Å². The van der Waals surface area contributed by atoms with Crippen LogP contribution in [0.1, 0.15) is 25.8 Å². The van der Waals surface area contributed by atoms with Crippen molar-refractivity contribution >= 4 is 24.2 Å². The first kappa shape index (κ1) is 16.7. The van der Waals surface area contributed by atoms with Crippen molar-refractivity contribution in [3.05, 3.63) is 46.5 Å². The molecule has 0 aromatic heterocycles. The topological polar surface area (TPSA) is 9.23 Å². The Morgan fingerprint density at radius 1 is 1.26 bits per heavy atom. The molecule has 0 saturated carbocycles. The Balaban J connectivity index is 2.40. The van der Waals surface area contributed by atoms with Gasteiger partial charge in [-0.1, -0.05) is 52.3 Å². The number of allylic oxidation sites excluding steroid dienone is 2. The van der Waals surface area contributed by atoms with Crippen LogP contribution in [0.15, 0.2) is 40.9 Å². The van der Waals surface area contributed by atoms with Crippen LogP contribution in [0.5, 0.6) is 0 Å². The third-order valence-electron chi connectivity index (χ3n) is 2.79. The minimum absolute atomic E-state index is 0.325. The van der Waals surface area contributed by atoms with Gasteiger partial charge in [0.25, 0.3) is 0 Å². The maximum absolute atomic E-state index is 6.04. The van der Waals surface area contributed by atoms with E-state index in [9.17, 15) is 0 Å². The second-order valence-corrected chi connectivity index (χ2v) is 10.9. The highest BCUT2D eigenvalue weighted by Crippen LogP contribution is 2.24. The van der Waals surface area contributed by atoms with Gasteiger partial charge in [0.05, 0.1) is 0 Å². The summed E-state index contributed by atoms with van der Waals surface area (Å²) in [6.45, 7) is 8.78. The predicted molar refractivity (Wildman–Crippen MR) is 90.3 cm³/mol. The zero-order valence-electron chi connectivity index (χ0n) is 12.4. The second-order valence-electron chi connectivity index (χ2n) is 5.78. The Bertz CT molecular complexity index is 398. The number of benzene rings is 1. The smallest absolute Gasteiger partial charge is 0.191 e. The van der Waals surface area contributed by atoms with E-state index in [1.165, 1.54) is 10.0 Å². The third kappa shape index (κ3) is 7.70. The van der Waals surface area contributed by atoms with Gasteiger partial charge in [-0.15, -0.1) is 0 Å². The fourth-order valence-electron chi connectivity index (χ4n) is 2.20. The minimum atomic E-state index is -1.57. The van der Waals surface area contributed by atoms with Gasteiger partial charge in [-0.25, -0.2) is 0 Å². The first-order valence-corrected chi connectivity index (χ1v) is 10.9. The van der Waals surface area contributed by atoms with Crippen molar-refractivity contribution in [2.75, 3.05) is 0 Å². The summed E-state index contributed by atoms with van der Waals surface area (Å²) in [6, 6.07) is 11.7. The van der Waals surface area contributed by atoms with Crippen LogP contribution < -0.4 is 0 Å². The Hall–Kier alpha value is -0.383. The van der Waals surface area contributed by atoms with E-state index in [-0.39, 0.29) is 0 Å². The fraction of sp³-hybridized carbons (Fsp3) is 0.500. The molecule has 0 aliphatic carbocycles. The number of hydrogen-bond acceptors (Lipinski definition) is 1. The highest BCUT2D eigenvalue weighted by Gasteiger charge is 2.24. The lowest BCUT2D eigenvalue weighted by Crippen LogP contribution is -2.33. The van der Waals surface area contributed by atoms with E-state index >= 15 is 0 Å². The van der Waals surface area contributed by atoms with Gasteiger partial charge < -0.3 is 4.43 Å². The molecular formula is C16H25BrOSi. The lowest BCUT2D eigenvalue weighted by molar-refractivity contribution is 0.233. The normalized spacial score (nSPS) is 13.1. The lowest BCUT2D eigenvalue weighted by atomic mass is 10.1. The highest BCUT2D eigenvalue weighted by atomic mass is 79.9. The van der Waals surface area contributed by atoms with Crippen LogP contribution in [0.3, 0.4) is 0 Å². The molecule has 106 valence electrons. The summed E-state index contributed by atoms with van der Waals surface area (Å²) in [7, 11) is -1.57. The van der Waals surface area contributed by atoms with E-state index < -0.39 is 8.32 Å². The quantitative estimate of drug-likeness (QED) is 0.593. The van der Waals surface area contributed by atoms with Crippen LogP contribution in [0.25, 0.3) is 0 Å². The molecule has 1 aromatic rings. The SMILES string of the molecule is CC(C)O[Si](C)(C)C/C(Br)=C/CCc1ccccc1. The molecule has 0 unspecified atom stereocenters. The molecule has 0 heterocycles. The molecule has 19 heavy (non-hydrogen) atoms. The monoisotopic (exact) mass is 340 g/mol. The van der Waals surface area contributed by atoms with Crippen LogP contribution >= 0.6 is 15.9 Å². The van der Waals surface area contributed by atoms with Crippen molar-refractivity contribution in [3.8, 4) is 0 Å². The molecule has 1 rings (SSSR count). The highest BCUT2D eigenvalue weighted by molar-refractivity contribution is 9.11. The van der Waals surface area contributed by atoms with Gasteiger partial charge in [0.1, 0.15) is 0 Å². The van der Waals surface area contributed by atoms with Gasteiger partial charge in [0, 0.05) is 6.10 Å². The molecular weight excluding hydrogens is 316 g/mol. The summed E-state index contributed by atoms with van der Waals surface area (Å²) in [5.41, 5.74) is 1.40. The van der Waals surface area contributed by atoms with Crippen LogP contribution in [0.2, 0.25) is 19.1 Å². The zero-order valence-corrected chi connectivity index (χ0v) is 15.0. The van der Waals surface area contributed by atoms with E-state index in [0.717, 1.165) is 18.9 Å². The summed E-state index contributed by atoms with van der Waals surface area (Å²) in [6.07, 6.45) is 4.80. The largest absolute Gasteiger partial charge is 0.415 e. The molecule has 0 bridgehead atoms. The lowest BCUT2D eigenvalue weighted by Gasteiger charge is -2.25. The van der Waals surface area contributed by atoms with E-state index in [2.05, 4.69) is 79.3 Å². The molecule has 0 N–H and O–H groups in total. The molecule has 0 amide bonds. The van der Waals surface area contributed by atoms with Gasteiger partial charge in [-0.2, -0.15) is 0 Å². The molecule has 0 aliphatic heterocycles. The van der Waals surface area contributed by atoms with Crippen molar-refractivity contribution in [2.24, 2.45) is 0 Å². The maximum Gasteiger partial charge on any atom is 0.191 e. The summed E-state index contributed by atoms with van der Waals surface area (Å²) in [5.74, 6) is 0. The third-order valence-corrected chi connectivity index (χ3v) is 6.25. The van der Waals surface area contributed by atoms with E-state index in [4.69, 9.17) is 4.43 Å². The predicted octanol–water partition coefficient (Wildman–Crippen LogP) is 5.53. The van der Waals surface area contributed by atoms with Gasteiger partial charge in [0.2, 0.25) is 0 Å². The summed E-state index contributed by atoms with van der Waals surface area (Å²) in [5, 5.41) is 0. The Kier molecular flexibility index (Phi) is 7.04. The van der Waals surface area contributed by atoms with Crippen molar-refractivity contribution in [1.82, 2.24) is 0 Å². The molecule has 0 fully saturated rings. The zero-order chi connectivity index (χ0) is 14.3. The van der Waals surface area contributed by atoms with Crippen LogP contribution in [-0.4, -0.2) is 14.4 Å². The van der Waals surface area contributed by atoms with Gasteiger partial charge in [-0.3, -0.25) is 0 Å². The van der Waals surface area contributed by atoms with Gasteiger partial charge >= 0.3 is 0 Å². The molecule has 0 atom stereocenters. The van der Waals surface area contributed by atoms with Crippen molar-refractivity contribution in [3.63, 3.8) is 0 Å². The van der Waals surface area contributed by atoms with E-state index in [0.29, 0.717) is 6.10 Å². The molecule has 3 heteroatoms. The number of rotatable bonds is 7. The maximum atomic E-state index is 6.04. The Morgan fingerprint density at radius 3 is 2.47 bits per heavy atom. The summed E-state index contributed by atoms with van der Waals surface area (Å²) < 4.78 is 7.33. The first-order chi connectivity index (χ1) is 8.89. The molecule has 0 saturated heterocycles. The van der Waals surface area contributed by atoms with E-state index in [1.807, 2.05) is 0 Å². The first-order valence-electron chi connectivity index (χ1n) is 6.95. The Morgan fingerprint density at radius 2 is 1.89 bits per heavy atom. The van der Waals surface area contributed by atoms with Crippen molar-refractivity contribution < 1.29 is 4.43 Å². The Labute approximate surface area is 127 Å². The molecule has 0 radical (unpaired) electrons. The summed E-state index contributed by atoms with van der Waals surface area (Å²) >= 11 is 3.69. The van der Waals surface area contributed by atoms with E-state index in [1.54, 1.807) is 0 Å². The van der Waals surface area contributed by atoms with Crippen molar-refractivity contribution in [1.29, 1.82) is 0 Å². The van der Waals surface area contributed by atoms with Gasteiger partial charge in [0.15, 0.2) is 8.32 Å². The average Bonchev–Trinajstić information content (AvgIpc) is 2.27. The molecule has 0 spiro atoms. The fourth-order valence-corrected chi connectivity index (χ4v) is 6.77. The van der Waals surface area contributed by atoms with Crippen LogP contribution in [-0.2, 0) is 10.8 Å². The standard InChI is InChI=1S/C16H25BrOSi/c1-14(2)18-19(3,4)13-16(17)12-8-11-15-9-6-5-7-10-15/h5-7,9-10,12,14H,8,11,13H2,1-4H3/b16-12-. The van der Waals surface area contributed by atoms with Crippen LogP contribution in [0, 0.1) is 0 Å². The number of aryl methyl sites for hydroxylation is 1. The number of halogens is 1. The van der Waals surface area contributed by atoms with Crippen LogP contribution in [0.4, 0.5) is 0 Å².